The normalized spacial score (nSPS) is 10.4. The fourth-order valence-electron chi connectivity index (χ4n) is 1.94. The second-order valence-corrected chi connectivity index (χ2v) is 5.16. The van der Waals surface area contributed by atoms with Crippen LogP contribution in [0.4, 0.5) is 5.69 Å². The third-order valence-electron chi connectivity index (χ3n) is 3.33. The largest absolute Gasteiger partial charge is 0.489 e. The van der Waals surface area contributed by atoms with Gasteiger partial charge in [0.1, 0.15) is 19.0 Å². The van der Waals surface area contributed by atoms with Gasteiger partial charge in [-0.05, 0) is 18.1 Å². The van der Waals surface area contributed by atoms with Crippen molar-refractivity contribution < 1.29 is 14.3 Å². The Balaban J connectivity index is 2.84. The summed E-state index contributed by atoms with van der Waals surface area (Å²) < 4.78 is 10.5. The number of anilines is 1. The molecular formula is C20H25NO3. The molecule has 1 amide bonds. The Bertz CT molecular complexity index is 644. The van der Waals surface area contributed by atoms with Crippen molar-refractivity contribution in [3.8, 4) is 0 Å². The van der Waals surface area contributed by atoms with E-state index in [1.807, 2.05) is 18.2 Å². The maximum atomic E-state index is 11.8. The molecule has 4 heteroatoms. The quantitative estimate of drug-likeness (QED) is 0.518. The summed E-state index contributed by atoms with van der Waals surface area (Å²) in [6, 6.07) is 5.90. The molecule has 0 aliphatic carbocycles. The summed E-state index contributed by atoms with van der Waals surface area (Å²) in [5, 5.41) is 2.85. The molecule has 24 heavy (non-hydrogen) atoms. The number of hydrogen-bond acceptors (Lipinski definition) is 3. The average molecular weight is 327 g/mol. The van der Waals surface area contributed by atoms with Gasteiger partial charge in [0.25, 0.3) is 0 Å². The molecule has 0 radical (unpaired) electrons. The molecule has 0 atom stereocenters. The Kier molecular flexibility index (Phi) is 8.30. The highest BCUT2D eigenvalue weighted by molar-refractivity contribution is 5.92. The summed E-state index contributed by atoms with van der Waals surface area (Å²) in [6.07, 6.45) is 6.08. The van der Waals surface area contributed by atoms with Gasteiger partial charge in [0, 0.05) is 23.9 Å². The number of nitrogens with one attached hydrogen (secondary N) is 1. The van der Waals surface area contributed by atoms with Gasteiger partial charge in [-0.25, -0.2) is 0 Å². The zero-order valence-corrected chi connectivity index (χ0v) is 14.4. The molecule has 4 nitrogen and oxygen atoms in total. The van der Waals surface area contributed by atoms with Gasteiger partial charge in [0.2, 0.25) is 5.91 Å². The summed E-state index contributed by atoms with van der Waals surface area (Å²) in [4.78, 5) is 11.8. The zero-order valence-electron chi connectivity index (χ0n) is 14.4. The highest BCUT2D eigenvalue weighted by Crippen LogP contribution is 2.21. The van der Waals surface area contributed by atoms with Gasteiger partial charge in [0.05, 0.1) is 0 Å². The first-order valence-electron chi connectivity index (χ1n) is 7.72. The van der Waals surface area contributed by atoms with Crippen LogP contribution in [-0.2, 0) is 27.3 Å². The van der Waals surface area contributed by atoms with E-state index in [0.717, 1.165) is 23.2 Å². The number of carbonyl (C=O) groups excluding carboxylic acids is 1. The number of hydrogen-bond donors (Lipinski definition) is 1. The maximum Gasteiger partial charge on any atom is 0.250 e. The molecule has 0 heterocycles. The molecule has 0 saturated heterocycles. The molecular weight excluding hydrogens is 302 g/mol. The minimum Gasteiger partial charge on any atom is -0.489 e. The van der Waals surface area contributed by atoms with E-state index in [9.17, 15) is 4.79 Å². The third kappa shape index (κ3) is 6.26. The summed E-state index contributed by atoms with van der Waals surface area (Å²) >= 11 is 0. The van der Waals surface area contributed by atoms with Gasteiger partial charge in [-0.2, -0.15) is 0 Å². The molecule has 128 valence electrons. The van der Waals surface area contributed by atoms with Crippen molar-refractivity contribution in [2.75, 3.05) is 19.0 Å². The number of ether oxygens (including phenoxy) is 2. The lowest BCUT2D eigenvalue weighted by molar-refractivity contribution is -0.119. The Morgan fingerprint density at radius 3 is 2.71 bits per heavy atom. The van der Waals surface area contributed by atoms with Gasteiger partial charge in [-0.1, -0.05) is 57.0 Å². The van der Waals surface area contributed by atoms with Crippen LogP contribution in [0.25, 0.3) is 0 Å². The fraction of sp³-hybridized carbons (Fsp3) is 0.250. The van der Waals surface area contributed by atoms with E-state index < -0.39 is 0 Å². The molecule has 0 spiro atoms. The molecule has 1 aromatic carbocycles. The highest BCUT2D eigenvalue weighted by atomic mass is 16.5. The number of amides is 1. The summed E-state index contributed by atoms with van der Waals surface area (Å²) in [7, 11) is 1.48. The molecule has 1 rings (SSSR count). The molecule has 0 bridgehead atoms. The number of benzene rings is 1. The van der Waals surface area contributed by atoms with Gasteiger partial charge in [0.15, 0.2) is 0 Å². The van der Waals surface area contributed by atoms with E-state index in [2.05, 4.69) is 32.0 Å². The number of aryl methyl sites for hydroxylation is 1. The van der Waals surface area contributed by atoms with Crippen LogP contribution >= 0.6 is 0 Å². The molecule has 0 aromatic heterocycles. The SMILES string of the molecule is C=CC=CC(=C)C(=C)OCc1ccc(CC)cc1NC(=O)COC. The monoisotopic (exact) mass is 327 g/mol. The van der Waals surface area contributed by atoms with E-state index in [-0.39, 0.29) is 19.1 Å². The molecule has 0 aliphatic rings. The van der Waals surface area contributed by atoms with Crippen molar-refractivity contribution in [2.45, 2.75) is 20.0 Å². The van der Waals surface area contributed by atoms with Crippen LogP contribution < -0.4 is 5.32 Å². The smallest absolute Gasteiger partial charge is 0.250 e. The van der Waals surface area contributed by atoms with Gasteiger partial charge >= 0.3 is 0 Å². The van der Waals surface area contributed by atoms with Gasteiger partial charge < -0.3 is 14.8 Å². The Morgan fingerprint density at radius 2 is 2.08 bits per heavy atom. The topological polar surface area (TPSA) is 47.6 Å². The van der Waals surface area contributed by atoms with Crippen molar-refractivity contribution in [2.24, 2.45) is 0 Å². The Labute approximate surface area is 144 Å². The van der Waals surface area contributed by atoms with Gasteiger partial charge in [-0.15, -0.1) is 0 Å². The first-order valence-corrected chi connectivity index (χ1v) is 7.72. The number of allylic oxidation sites excluding steroid dienone is 3. The van der Waals surface area contributed by atoms with Crippen molar-refractivity contribution in [3.63, 3.8) is 0 Å². The van der Waals surface area contributed by atoms with E-state index in [4.69, 9.17) is 9.47 Å². The van der Waals surface area contributed by atoms with Gasteiger partial charge in [-0.3, -0.25) is 4.79 Å². The molecule has 0 aliphatic heterocycles. The predicted octanol–water partition coefficient (Wildman–Crippen LogP) is 4.16. The second kappa shape index (κ2) is 10.2. The molecule has 1 N–H and O–H groups in total. The molecule has 0 saturated carbocycles. The van der Waals surface area contributed by atoms with E-state index in [1.54, 1.807) is 18.2 Å². The van der Waals surface area contributed by atoms with Crippen LogP contribution in [0, 0.1) is 0 Å². The van der Waals surface area contributed by atoms with Crippen LogP contribution in [0.15, 0.2) is 67.5 Å². The molecule has 1 aromatic rings. The first kappa shape index (κ1) is 19.5. The van der Waals surface area contributed by atoms with Crippen LogP contribution in [0.2, 0.25) is 0 Å². The van der Waals surface area contributed by atoms with Crippen molar-refractivity contribution >= 4 is 11.6 Å². The van der Waals surface area contributed by atoms with Crippen LogP contribution in [0.5, 0.6) is 0 Å². The van der Waals surface area contributed by atoms with E-state index in [0.29, 0.717) is 11.3 Å². The lowest BCUT2D eigenvalue weighted by Crippen LogP contribution is -2.18. The third-order valence-corrected chi connectivity index (χ3v) is 3.33. The second-order valence-electron chi connectivity index (χ2n) is 5.16. The average Bonchev–Trinajstić information content (AvgIpc) is 2.58. The van der Waals surface area contributed by atoms with E-state index in [1.165, 1.54) is 7.11 Å². The molecule has 0 unspecified atom stereocenters. The lowest BCUT2D eigenvalue weighted by atomic mass is 10.1. The minimum atomic E-state index is -0.204. The Morgan fingerprint density at radius 1 is 1.33 bits per heavy atom. The summed E-state index contributed by atoms with van der Waals surface area (Å²) in [5.41, 5.74) is 3.38. The zero-order chi connectivity index (χ0) is 17.9. The van der Waals surface area contributed by atoms with Crippen LogP contribution in [-0.4, -0.2) is 19.6 Å². The van der Waals surface area contributed by atoms with Crippen LogP contribution in [0.3, 0.4) is 0 Å². The minimum absolute atomic E-state index is 0.00646. The number of rotatable bonds is 10. The van der Waals surface area contributed by atoms with Crippen molar-refractivity contribution in [1.29, 1.82) is 0 Å². The summed E-state index contributed by atoms with van der Waals surface area (Å²) in [5.74, 6) is 0.269. The number of carbonyl (C=O) groups is 1. The van der Waals surface area contributed by atoms with Crippen molar-refractivity contribution in [3.05, 3.63) is 78.6 Å². The van der Waals surface area contributed by atoms with Crippen LogP contribution in [0.1, 0.15) is 18.1 Å². The summed E-state index contributed by atoms with van der Waals surface area (Å²) in [6.45, 7) is 13.7. The lowest BCUT2D eigenvalue weighted by Gasteiger charge is -2.15. The fourth-order valence-corrected chi connectivity index (χ4v) is 1.94. The highest BCUT2D eigenvalue weighted by Gasteiger charge is 2.09. The predicted molar refractivity (Wildman–Crippen MR) is 98.7 cm³/mol. The molecule has 0 fully saturated rings. The van der Waals surface area contributed by atoms with Crippen molar-refractivity contribution in [1.82, 2.24) is 0 Å². The maximum absolute atomic E-state index is 11.8. The number of methoxy groups -OCH3 is 1. The Hall–Kier alpha value is -2.59. The first-order chi connectivity index (χ1) is 11.5. The van der Waals surface area contributed by atoms with E-state index >= 15 is 0 Å². The standard InChI is InChI=1S/C20H25NO3/c1-6-8-9-15(3)16(4)24-13-18-11-10-17(7-2)12-19(18)21-20(22)14-23-5/h6,8-12H,1,3-4,7,13-14H2,2,5H3,(H,21,22).